The Labute approximate surface area is 187 Å². The molecule has 1 unspecified atom stereocenters. The average Bonchev–Trinajstić information content (AvgIpc) is 2.66. The van der Waals surface area contributed by atoms with Crippen LogP contribution in [0.25, 0.3) is 0 Å². The van der Waals surface area contributed by atoms with E-state index in [0.29, 0.717) is 6.04 Å². The van der Waals surface area contributed by atoms with E-state index >= 15 is 0 Å². The largest absolute Gasteiger partial charge is 0.369 e. The van der Waals surface area contributed by atoms with E-state index in [1.165, 1.54) is 11.3 Å². The predicted molar refractivity (Wildman–Crippen MR) is 129 cm³/mol. The van der Waals surface area contributed by atoms with Crippen molar-refractivity contribution >= 4 is 41.5 Å². The van der Waals surface area contributed by atoms with Crippen molar-refractivity contribution in [2.45, 2.75) is 45.6 Å². The lowest BCUT2D eigenvalue weighted by Crippen LogP contribution is -2.51. The molecule has 0 spiro atoms. The fourth-order valence-corrected chi connectivity index (χ4v) is 3.10. The number of halogens is 1. The van der Waals surface area contributed by atoms with Crippen molar-refractivity contribution < 1.29 is 4.79 Å². The summed E-state index contributed by atoms with van der Waals surface area (Å²) in [6, 6.07) is 9.04. The van der Waals surface area contributed by atoms with Crippen LogP contribution in [-0.2, 0) is 4.79 Å². The molecule has 28 heavy (non-hydrogen) atoms. The highest BCUT2D eigenvalue weighted by Crippen LogP contribution is 2.20. The number of aliphatic imine (C=N–C) groups is 1. The topological polar surface area (TPSA) is 60.0 Å². The second-order valence-electron chi connectivity index (χ2n) is 7.50. The van der Waals surface area contributed by atoms with E-state index in [4.69, 9.17) is 0 Å². The molecule has 1 heterocycles. The quantitative estimate of drug-likeness (QED) is 0.261. The molecule has 2 N–H and O–H groups in total. The lowest BCUT2D eigenvalue weighted by Gasteiger charge is -2.35. The molecule has 0 bridgehead atoms. The molecule has 1 aromatic carbocycles. The van der Waals surface area contributed by atoms with Crippen molar-refractivity contribution in [3.8, 4) is 0 Å². The van der Waals surface area contributed by atoms with Crippen LogP contribution < -0.4 is 15.5 Å². The third kappa shape index (κ3) is 8.24. The maximum Gasteiger partial charge on any atom is 0.243 e. The normalized spacial score (nSPS) is 16.9. The van der Waals surface area contributed by atoms with Crippen LogP contribution >= 0.6 is 24.0 Å². The van der Waals surface area contributed by atoms with Gasteiger partial charge in [0.1, 0.15) is 6.54 Å². The number of carbonyl (C=O) groups excluding carboxylic acids is 1. The van der Waals surface area contributed by atoms with Gasteiger partial charge in [0.25, 0.3) is 0 Å². The molecule has 0 radical (unpaired) electrons. The van der Waals surface area contributed by atoms with E-state index in [9.17, 15) is 4.79 Å². The molecule has 0 aliphatic carbocycles. The van der Waals surface area contributed by atoms with Gasteiger partial charge in [-0.3, -0.25) is 4.79 Å². The number of rotatable bonds is 7. The summed E-state index contributed by atoms with van der Waals surface area (Å²) in [7, 11) is 3.52. The van der Waals surface area contributed by atoms with Crippen LogP contribution in [0.1, 0.15) is 38.2 Å². The summed E-state index contributed by atoms with van der Waals surface area (Å²) in [6.07, 6.45) is 4.47. The number of hydrogen-bond donors (Lipinski definition) is 2. The molecular weight excluding hydrogens is 465 g/mol. The monoisotopic (exact) mass is 501 g/mol. The zero-order valence-corrected chi connectivity index (χ0v) is 20.0. The smallest absolute Gasteiger partial charge is 0.243 e. The first kappa shape index (κ1) is 24.5. The van der Waals surface area contributed by atoms with Crippen LogP contribution in [0.2, 0.25) is 0 Å². The Morgan fingerprint density at radius 2 is 2.00 bits per heavy atom. The number of amides is 1. The molecule has 1 atom stereocenters. The van der Waals surface area contributed by atoms with Gasteiger partial charge in [-0.1, -0.05) is 31.0 Å². The number of nitrogens with one attached hydrogen (secondary N) is 2. The number of nitrogens with zero attached hydrogens (tertiary/aromatic N) is 3. The van der Waals surface area contributed by atoms with E-state index in [-0.39, 0.29) is 36.4 Å². The van der Waals surface area contributed by atoms with Crippen molar-refractivity contribution in [2.75, 3.05) is 45.2 Å². The maximum atomic E-state index is 11.9. The second-order valence-corrected chi connectivity index (χ2v) is 7.50. The Balaban J connectivity index is 0.00000392. The lowest BCUT2D eigenvalue weighted by atomic mass is 10.0. The van der Waals surface area contributed by atoms with Crippen molar-refractivity contribution in [3.05, 3.63) is 29.8 Å². The van der Waals surface area contributed by atoms with Gasteiger partial charge in [-0.15, -0.1) is 24.0 Å². The van der Waals surface area contributed by atoms with Gasteiger partial charge in [-0.05, 0) is 38.3 Å². The third-order valence-electron chi connectivity index (χ3n) is 4.86. The summed E-state index contributed by atoms with van der Waals surface area (Å²) >= 11 is 0. The Bertz CT molecular complexity index is 618. The minimum atomic E-state index is 0. The van der Waals surface area contributed by atoms with Crippen molar-refractivity contribution in [2.24, 2.45) is 4.99 Å². The Morgan fingerprint density at radius 3 is 2.64 bits per heavy atom. The molecule has 0 saturated carbocycles. The zero-order chi connectivity index (χ0) is 19.6. The fraction of sp³-hybridized carbons (Fsp3) is 0.619. The summed E-state index contributed by atoms with van der Waals surface area (Å²) in [4.78, 5) is 20.4. The van der Waals surface area contributed by atoms with E-state index in [2.05, 4.69) is 58.6 Å². The molecule has 1 aromatic rings. The second kappa shape index (κ2) is 12.9. The summed E-state index contributed by atoms with van der Waals surface area (Å²) < 4.78 is 0. The van der Waals surface area contributed by atoms with Crippen molar-refractivity contribution in [1.82, 2.24) is 15.5 Å². The molecular formula is C21H36IN5O. The predicted octanol–water partition coefficient (Wildman–Crippen LogP) is 3.01. The van der Waals surface area contributed by atoms with Crippen LogP contribution in [0.3, 0.4) is 0 Å². The van der Waals surface area contributed by atoms with Crippen molar-refractivity contribution in [1.29, 1.82) is 0 Å². The van der Waals surface area contributed by atoms with E-state index in [1.54, 1.807) is 19.0 Å². The van der Waals surface area contributed by atoms with Gasteiger partial charge in [0.15, 0.2) is 5.96 Å². The zero-order valence-electron chi connectivity index (χ0n) is 17.7. The molecule has 1 saturated heterocycles. The third-order valence-corrected chi connectivity index (χ3v) is 4.86. The highest BCUT2D eigenvalue weighted by molar-refractivity contribution is 14.0. The summed E-state index contributed by atoms with van der Waals surface area (Å²) in [5.41, 5.74) is 2.55. The summed E-state index contributed by atoms with van der Waals surface area (Å²) in [6.45, 7) is 7.34. The van der Waals surface area contributed by atoms with Gasteiger partial charge in [-0.25, -0.2) is 4.99 Å². The van der Waals surface area contributed by atoms with Crippen LogP contribution in [0.15, 0.2) is 29.3 Å². The van der Waals surface area contributed by atoms with Gasteiger partial charge in [-0.2, -0.15) is 0 Å². The molecule has 6 nitrogen and oxygen atoms in total. The van der Waals surface area contributed by atoms with E-state index in [1.807, 2.05) is 0 Å². The number of aryl methyl sites for hydroxylation is 1. The minimum Gasteiger partial charge on any atom is -0.369 e. The molecule has 1 aliphatic rings. The highest BCUT2D eigenvalue weighted by Gasteiger charge is 2.21. The number of piperidine rings is 1. The lowest BCUT2D eigenvalue weighted by molar-refractivity contribution is -0.127. The summed E-state index contributed by atoms with van der Waals surface area (Å²) in [5, 5.41) is 6.92. The number of unbranched alkanes of at least 4 members (excludes halogenated alkanes) is 1. The molecule has 2 rings (SSSR count). The number of guanidine groups is 1. The van der Waals surface area contributed by atoms with E-state index < -0.39 is 0 Å². The summed E-state index contributed by atoms with van der Waals surface area (Å²) in [5.74, 6) is 0.755. The Morgan fingerprint density at radius 1 is 1.29 bits per heavy atom. The molecule has 158 valence electrons. The standard InChI is InChI=1S/C21H35N5O.HI/c1-5-6-13-22-21(23-15-20(27)25(3)4)24-18-8-7-14-26(16-18)19-11-9-17(2)10-12-19;/h9-12,18H,5-8,13-16H2,1-4H3,(H2,22,23,24);1H. The Kier molecular flexibility index (Phi) is 11.3. The highest BCUT2D eigenvalue weighted by atomic mass is 127. The average molecular weight is 501 g/mol. The number of hydrogen-bond acceptors (Lipinski definition) is 3. The first-order valence-electron chi connectivity index (χ1n) is 10.1. The number of benzene rings is 1. The van der Waals surface area contributed by atoms with E-state index in [0.717, 1.165) is 51.3 Å². The number of likely N-dealkylation sites (N-methyl/N-ethyl adjacent to an activating group) is 1. The number of carbonyl (C=O) groups is 1. The molecule has 1 fully saturated rings. The first-order valence-corrected chi connectivity index (χ1v) is 10.1. The molecule has 1 amide bonds. The molecule has 0 aromatic heterocycles. The fourth-order valence-electron chi connectivity index (χ4n) is 3.10. The van der Waals surface area contributed by atoms with Gasteiger partial charge in [0, 0.05) is 45.5 Å². The first-order chi connectivity index (χ1) is 13.0. The Hall–Kier alpha value is -1.51. The van der Waals surface area contributed by atoms with Crippen LogP contribution in [0.4, 0.5) is 5.69 Å². The van der Waals surface area contributed by atoms with Gasteiger partial charge < -0.3 is 20.4 Å². The van der Waals surface area contributed by atoms with Crippen LogP contribution in [-0.4, -0.2) is 63.1 Å². The van der Waals surface area contributed by atoms with Crippen LogP contribution in [0.5, 0.6) is 0 Å². The minimum absolute atomic E-state index is 0. The van der Waals surface area contributed by atoms with Gasteiger partial charge in [0.2, 0.25) is 5.91 Å². The molecule has 7 heteroatoms. The maximum absolute atomic E-state index is 11.9. The van der Waals surface area contributed by atoms with Crippen LogP contribution in [0, 0.1) is 6.92 Å². The van der Waals surface area contributed by atoms with Gasteiger partial charge >= 0.3 is 0 Å². The van der Waals surface area contributed by atoms with Crippen molar-refractivity contribution in [3.63, 3.8) is 0 Å². The number of anilines is 1. The molecule has 1 aliphatic heterocycles. The SMILES string of the molecule is CCCCNC(=NCC(=O)N(C)C)NC1CCCN(c2ccc(C)cc2)C1.I. The van der Waals surface area contributed by atoms with Gasteiger partial charge in [0.05, 0.1) is 0 Å².